The van der Waals surface area contributed by atoms with Crippen molar-refractivity contribution in [3.8, 4) is 0 Å². The van der Waals surface area contributed by atoms with E-state index in [-0.39, 0.29) is 0 Å². The van der Waals surface area contributed by atoms with Gasteiger partial charge in [-0.25, -0.2) is 0 Å². The Morgan fingerprint density at radius 2 is 2.08 bits per heavy atom. The zero-order valence-corrected chi connectivity index (χ0v) is 7.20. The van der Waals surface area contributed by atoms with Crippen LogP contribution in [0.5, 0.6) is 0 Å². The van der Waals surface area contributed by atoms with E-state index in [0.717, 1.165) is 0 Å². The molecular weight excluding hydrogens is 154 g/mol. The van der Waals surface area contributed by atoms with Crippen LogP contribution in [0.15, 0.2) is 5.16 Å². The Morgan fingerprint density at radius 3 is 2.58 bits per heavy atom. The topological polar surface area (TPSA) is 49.7 Å². The SMILES string of the molecule is O=CC(CC1CCCCC1)=NO. The second-order valence-electron chi connectivity index (χ2n) is 3.42. The second-order valence-corrected chi connectivity index (χ2v) is 3.42. The number of aldehydes is 1. The number of hydrogen-bond acceptors (Lipinski definition) is 3. The molecule has 3 nitrogen and oxygen atoms in total. The number of nitrogens with zero attached hydrogens (tertiary/aromatic N) is 1. The van der Waals surface area contributed by atoms with Crippen LogP contribution in [0.25, 0.3) is 0 Å². The van der Waals surface area contributed by atoms with Crippen molar-refractivity contribution in [3.63, 3.8) is 0 Å². The van der Waals surface area contributed by atoms with Gasteiger partial charge in [0.2, 0.25) is 0 Å². The van der Waals surface area contributed by atoms with Gasteiger partial charge in [0, 0.05) is 0 Å². The van der Waals surface area contributed by atoms with Crippen LogP contribution in [-0.4, -0.2) is 17.2 Å². The number of oxime groups is 1. The quantitative estimate of drug-likeness (QED) is 0.304. The number of carbonyl (C=O) groups excluding carboxylic acids is 1. The molecule has 3 heteroatoms. The van der Waals surface area contributed by atoms with Gasteiger partial charge in [0.1, 0.15) is 5.71 Å². The number of hydrogen-bond donors (Lipinski definition) is 1. The van der Waals surface area contributed by atoms with Gasteiger partial charge in [-0.15, -0.1) is 0 Å². The van der Waals surface area contributed by atoms with Crippen molar-refractivity contribution in [2.45, 2.75) is 38.5 Å². The number of carbonyl (C=O) groups is 1. The standard InChI is InChI=1S/C9H15NO2/c11-7-9(10-12)6-8-4-2-1-3-5-8/h7-8,12H,1-6H2. The molecule has 0 bridgehead atoms. The predicted octanol–water partition coefficient (Wildman–Crippen LogP) is 1.99. The van der Waals surface area contributed by atoms with E-state index < -0.39 is 0 Å². The molecule has 1 rings (SSSR count). The van der Waals surface area contributed by atoms with E-state index in [9.17, 15) is 4.79 Å². The van der Waals surface area contributed by atoms with Gasteiger partial charge in [-0.1, -0.05) is 37.3 Å². The Labute approximate surface area is 72.5 Å². The molecule has 0 saturated heterocycles. The summed E-state index contributed by atoms with van der Waals surface area (Å²) in [6, 6.07) is 0. The van der Waals surface area contributed by atoms with E-state index in [1.165, 1.54) is 32.1 Å². The first kappa shape index (κ1) is 9.23. The molecule has 0 aliphatic heterocycles. The molecule has 1 fully saturated rings. The molecule has 1 aliphatic carbocycles. The summed E-state index contributed by atoms with van der Waals surface area (Å²) >= 11 is 0. The van der Waals surface area contributed by atoms with E-state index in [2.05, 4.69) is 5.16 Å². The lowest BCUT2D eigenvalue weighted by Crippen LogP contribution is -2.12. The minimum absolute atomic E-state index is 0.293. The molecule has 0 aromatic carbocycles. The molecule has 0 unspecified atom stereocenters. The van der Waals surface area contributed by atoms with E-state index in [4.69, 9.17) is 5.21 Å². The minimum atomic E-state index is 0.293. The zero-order valence-electron chi connectivity index (χ0n) is 7.20. The Bertz CT molecular complexity index is 171. The summed E-state index contributed by atoms with van der Waals surface area (Å²) in [5.74, 6) is 0.565. The third kappa shape index (κ3) is 2.64. The van der Waals surface area contributed by atoms with Crippen molar-refractivity contribution in [1.82, 2.24) is 0 Å². The maximum atomic E-state index is 10.3. The summed E-state index contributed by atoms with van der Waals surface area (Å²) < 4.78 is 0. The molecule has 0 amide bonds. The van der Waals surface area contributed by atoms with E-state index in [1.807, 2.05) is 0 Å². The average molecular weight is 169 g/mol. The normalized spacial score (nSPS) is 20.8. The summed E-state index contributed by atoms with van der Waals surface area (Å²) in [6.07, 6.45) is 7.46. The van der Waals surface area contributed by atoms with Crippen LogP contribution in [0, 0.1) is 5.92 Å². The van der Waals surface area contributed by atoms with Crippen LogP contribution < -0.4 is 0 Å². The predicted molar refractivity (Wildman–Crippen MR) is 46.5 cm³/mol. The lowest BCUT2D eigenvalue weighted by atomic mass is 9.86. The highest BCUT2D eigenvalue weighted by molar-refractivity contribution is 6.28. The average Bonchev–Trinajstić information content (AvgIpc) is 2.16. The molecule has 0 atom stereocenters. The number of rotatable bonds is 3. The first-order valence-corrected chi connectivity index (χ1v) is 4.53. The second kappa shape index (κ2) is 4.91. The van der Waals surface area contributed by atoms with E-state index in [1.54, 1.807) is 0 Å². The molecule has 0 aromatic rings. The summed E-state index contributed by atoms with van der Waals surface area (Å²) in [6.45, 7) is 0. The third-order valence-corrected chi connectivity index (χ3v) is 2.49. The molecule has 0 spiro atoms. The van der Waals surface area contributed by atoms with Crippen LogP contribution in [0.3, 0.4) is 0 Å². The smallest absolute Gasteiger partial charge is 0.167 e. The minimum Gasteiger partial charge on any atom is -0.411 e. The molecule has 0 aromatic heterocycles. The highest BCUT2D eigenvalue weighted by Gasteiger charge is 2.15. The molecule has 68 valence electrons. The Hall–Kier alpha value is -0.860. The van der Waals surface area contributed by atoms with Crippen LogP contribution in [0.2, 0.25) is 0 Å². The fourth-order valence-electron chi connectivity index (χ4n) is 1.80. The molecule has 0 radical (unpaired) electrons. The highest BCUT2D eigenvalue weighted by atomic mass is 16.4. The molecule has 12 heavy (non-hydrogen) atoms. The Kier molecular flexibility index (Phi) is 3.77. The van der Waals surface area contributed by atoms with Gasteiger partial charge in [-0.05, 0) is 12.3 Å². The van der Waals surface area contributed by atoms with Gasteiger partial charge in [-0.2, -0.15) is 0 Å². The van der Waals surface area contributed by atoms with Gasteiger partial charge >= 0.3 is 0 Å². The Balaban J connectivity index is 2.33. The summed E-state index contributed by atoms with van der Waals surface area (Å²) in [7, 11) is 0. The zero-order chi connectivity index (χ0) is 8.81. The highest BCUT2D eigenvalue weighted by Crippen LogP contribution is 2.26. The lowest BCUT2D eigenvalue weighted by Gasteiger charge is -2.20. The monoisotopic (exact) mass is 169 g/mol. The van der Waals surface area contributed by atoms with Crippen LogP contribution in [0.1, 0.15) is 38.5 Å². The van der Waals surface area contributed by atoms with Crippen LogP contribution in [0.4, 0.5) is 0 Å². The van der Waals surface area contributed by atoms with Gasteiger partial charge in [0.25, 0.3) is 0 Å². The van der Waals surface area contributed by atoms with Crippen molar-refractivity contribution in [2.75, 3.05) is 0 Å². The molecule has 1 aliphatic rings. The molecular formula is C9H15NO2. The van der Waals surface area contributed by atoms with Crippen LogP contribution in [-0.2, 0) is 4.79 Å². The van der Waals surface area contributed by atoms with Gasteiger partial charge in [0.05, 0.1) is 0 Å². The van der Waals surface area contributed by atoms with Crippen molar-refractivity contribution >= 4 is 12.0 Å². The maximum Gasteiger partial charge on any atom is 0.167 e. The van der Waals surface area contributed by atoms with Crippen molar-refractivity contribution < 1.29 is 10.0 Å². The molecule has 0 heterocycles. The molecule has 1 N–H and O–H groups in total. The van der Waals surface area contributed by atoms with Crippen molar-refractivity contribution in [3.05, 3.63) is 0 Å². The summed E-state index contributed by atoms with van der Waals surface area (Å²) in [5, 5.41) is 11.4. The summed E-state index contributed by atoms with van der Waals surface area (Å²) in [5.41, 5.74) is 0.293. The maximum absolute atomic E-state index is 10.3. The van der Waals surface area contributed by atoms with E-state index in [0.29, 0.717) is 24.3 Å². The van der Waals surface area contributed by atoms with Gasteiger partial charge < -0.3 is 5.21 Å². The third-order valence-electron chi connectivity index (χ3n) is 2.49. The largest absolute Gasteiger partial charge is 0.411 e. The van der Waals surface area contributed by atoms with Gasteiger partial charge in [-0.3, -0.25) is 4.79 Å². The van der Waals surface area contributed by atoms with Crippen molar-refractivity contribution in [2.24, 2.45) is 11.1 Å². The molecule has 1 saturated carbocycles. The summed E-state index contributed by atoms with van der Waals surface area (Å²) in [4.78, 5) is 10.3. The lowest BCUT2D eigenvalue weighted by molar-refractivity contribution is -0.103. The van der Waals surface area contributed by atoms with Gasteiger partial charge in [0.15, 0.2) is 6.29 Å². The van der Waals surface area contributed by atoms with Crippen LogP contribution >= 0.6 is 0 Å². The fraction of sp³-hybridized carbons (Fsp3) is 0.778. The first-order chi connectivity index (χ1) is 5.86. The van der Waals surface area contributed by atoms with E-state index >= 15 is 0 Å². The first-order valence-electron chi connectivity index (χ1n) is 4.53. The van der Waals surface area contributed by atoms with Crippen molar-refractivity contribution in [1.29, 1.82) is 0 Å². The Morgan fingerprint density at radius 1 is 1.42 bits per heavy atom. The fourth-order valence-corrected chi connectivity index (χ4v) is 1.80.